The lowest BCUT2D eigenvalue weighted by Gasteiger charge is -2.26. The summed E-state index contributed by atoms with van der Waals surface area (Å²) in [5.41, 5.74) is 1.38. The Morgan fingerprint density at radius 3 is 1.64 bits per heavy atom. The third-order valence-corrected chi connectivity index (χ3v) is 12.7. The topological polar surface area (TPSA) is 231 Å². The molecule has 0 aromatic heterocycles. The summed E-state index contributed by atoms with van der Waals surface area (Å²) in [6.07, 6.45) is 2.35. The molecule has 3 rings (SSSR count). The Bertz CT molecular complexity index is 1980. The van der Waals surface area contributed by atoms with Gasteiger partial charge in [0.05, 0.1) is 19.6 Å². The highest BCUT2D eigenvalue weighted by atomic mass is 32.2. The Kier molecular flexibility index (Phi) is 17.9. The van der Waals surface area contributed by atoms with Gasteiger partial charge in [0.25, 0.3) is 11.4 Å². The van der Waals surface area contributed by atoms with Crippen molar-refractivity contribution < 1.29 is 36.3 Å². The van der Waals surface area contributed by atoms with Crippen LogP contribution in [0.5, 0.6) is 0 Å². The number of hydrogen-bond acceptors (Lipinski definition) is 11. The second kappa shape index (κ2) is 22.1. The van der Waals surface area contributed by atoms with Crippen LogP contribution in [0.3, 0.4) is 0 Å². The fourth-order valence-electron chi connectivity index (χ4n) is 5.75. The van der Waals surface area contributed by atoms with Gasteiger partial charge in [-0.2, -0.15) is 8.61 Å². The first-order valence-electron chi connectivity index (χ1n) is 18.4. The SMILES string of the molecule is CCCC(=O)N[C@@H](Cc1ccc(C)cc1)C(=O)NCCCCN(CCCN(CCCNC)S(=O)(=O)c1ccc([N+](=O)[O-])cc1)S(=O)(=O)c1ccc([N+](=O)[O-])cc1. The third-order valence-electron chi connectivity index (χ3n) is 8.84. The fraction of sp³-hybridized carbons (Fsp3) is 0.459. The zero-order valence-corrected chi connectivity index (χ0v) is 33.5. The van der Waals surface area contributed by atoms with Crippen molar-refractivity contribution in [1.82, 2.24) is 24.6 Å². The molecule has 3 N–H and O–H groups in total. The van der Waals surface area contributed by atoms with E-state index in [0.29, 0.717) is 32.2 Å². The average molecular weight is 818 g/mol. The Labute approximate surface area is 328 Å². The number of sulfonamides is 2. The van der Waals surface area contributed by atoms with Crippen LogP contribution in [0.25, 0.3) is 0 Å². The molecule has 0 saturated heterocycles. The van der Waals surface area contributed by atoms with Gasteiger partial charge in [0.2, 0.25) is 31.9 Å². The second-order valence-electron chi connectivity index (χ2n) is 13.2. The number of nitrogens with zero attached hydrogens (tertiary/aromatic N) is 4. The van der Waals surface area contributed by atoms with Crippen molar-refractivity contribution in [2.75, 3.05) is 46.3 Å². The number of carbonyl (C=O) groups excluding carboxylic acids is 2. The Morgan fingerprint density at radius 1 is 0.696 bits per heavy atom. The summed E-state index contributed by atoms with van der Waals surface area (Å²) in [6, 6.07) is 15.8. The largest absolute Gasteiger partial charge is 0.354 e. The zero-order chi connectivity index (χ0) is 41.3. The molecule has 0 aliphatic carbocycles. The Hall–Kier alpha value is -4.82. The lowest BCUT2D eigenvalue weighted by Crippen LogP contribution is -2.48. The highest BCUT2D eigenvalue weighted by Crippen LogP contribution is 2.23. The molecule has 19 heteroatoms. The number of rotatable bonds is 25. The van der Waals surface area contributed by atoms with E-state index >= 15 is 0 Å². The maximum absolute atomic E-state index is 13.9. The van der Waals surface area contributed by atoms with E-state index in [1.807, 2.05) is 38.1 Å². The van der Waals surface area contributed by atoms with E-state index in [2.05, 4.69) is 16.0 Å². The fourth-order valence-corrected chi connectivity index (χ4v) is 8.78. The minimum absolute atomic E-state index is 0.00984. The molecule has 0 saturated carbocycles. The van der Waals surface area contributed by atoms with E-state index < -0.39 is 35.9 Å². The summed E-state index contributed by atoms with van der Waals surface area (Å²) in [4.78, 5) is 46.4. The number of nitrogens with one attached hydrogen (secondary N) is 3. The molecular formula is C37H51N7O10S2. The summed E-state index contributed by atoms with van der Waals surface area (Å²) in [5.74, 6) is -0.619. The predicted octanol–water partition coefficient (Wildman–Crippen LogP) is 3.92. The molecule has 0 unspecified atom stereocenters. The lowest BCUT2D eigenvalue weighted by molar-refractivity contribution is -0.385. The molecule has 17 nitrogen and oxygen atoms in total. The Balaban J connectivity index is 1.74. The quantitative estimate of drug-likeness (QED) is 0.0630. The molecule has 2 amide bonds. The summed E-state index contributed by atoms with van der Waals surface area (Å²) >= 11 is 0. The molecule has 3 aromatic carbocycles. The van der Waals surface area contributed by atoms with E-state index in [9.17, 15) is 46.7 Å². The number of carbonyl (C=O) groups is 2. The van der Waals surface area contributed by atoms with Gasteiger partial charge in [-0.1, -0.05) is 36.8 Å². The number of non-ortho nitro benzene ring substituents is 2. The number of amides is 2. The maximum Gasteiger partial charge on any atom is 0.269 e. The summed E-state index contributed by atoms with van der Waals surface area (Å²) in [6.45, 7) is 4.41. The zero-order valence-electron chi connectivity index (χ0n) is 31.9. The van der Waals surface area contributed by atoms with Crippen LogP contribution in [-0.4, -0.2) is 99.5 Å². The molecule has 3 aromatic rings. The molecule has 1 atom stereocenters. The van der Waals surface area contributed by atoms with E-state index in [-0.39, 0.29) is 85.0 Å². The first-order chi connectivity index (χ1) is 26.6. The second-order valence-corrected chi connectivity index (χ2v) is 17.1. The van der Waals surface area contributed by atoms with Crippen LogP contribution in [0.15, 0.2) is 82.6 Å². The van der Waals surface area contributed by atoms with E-state index in [1.54, 1.807) is 7.05 Å². The van der Waals surface area contributed by atoms with Crippen LogP contribution >= 0.6 is 0 Å². The van der Waals surface area contributed by atoms with E-state index in [4.69, 9.17) is 0 Å². The van der Waals surface area contributed by atoms with Crippen LogP contribution in [0.1, 0.15) is 56.6 Å². The lowest BCUT2D eigenvalue weighted by atomic mass is 10.0. The molecule has 306 valence electrons. The molecule has 0 bridgehead atoms. The molecular weight excluding hydrogens is 767 g/mol. The minimum Gasteiger partial charge on any atom is -0.354 e. The van der Waals surface area contributed by atoms with Crippen LogP contribution in [-0.2, 0) is 36.1 Å². The highest BCUT2D eigenvalue weighted by Gasteiger charge is 2.28. The smallest absolute Gasteiger partial charge is 0.269 e. The first kappa shape index (κ1) is 45.6. The van der Waals surface area contributed by atoms with Crippen LogP contribution in [0.4, 0.5) is 11.4 Å². The number of nitro benzene ring substituents is 2. The van der Waals surface area contributed by atoms with Gasteiger partial charge in [-0.15, -0.1) is 0 Å². The standard InChI is InChI=1S/C37H51N7O10S2/c1-4-9-36(45)40-35(28-30-12-10-29(2)11-13-30)37(46)39-23-5-6-24-41(55(51,52)33-18-14-31(15-19-33)43(47)48)26-8-27-42(25-7-22-38-3)56(53,54)34-20-16-32(17-21-34)44(49)50/h10-21,35,38H,4-9,22-28H2,1-3H3,(H,39,46)(H,40,45)/t35-/m0/s1. The van der Waals surface area contributed by atoms with Crippen LogP contribution in [0.2, 0.25) is 0 Å². The number of unbranched alkanes of at least 4 members (excludes halogenated alkanes) is 1. The predicted molar refractivity (Wildman–Crippen MR) is 211 cm³/mol. The van der Waals surface area contributed by atoms with Gasteiger partial charge in [-0.25, -0.2) is 16.8 Å². The number of aryl methyl sites for hydroxylation is 1. The van der Waals surface area contributed by atoms with Crippen molar-refractivity contribution in [1.29, 1.82) is 0 Å². The molecule has 56 heavy (non-hydrogen) atoms. The van der Waals surface area contributed by atoms with Crippen molar-refractivity contribution in [2.45, 2.75) is 74.6 Å². The number of nitro groups is 2. The van der Waals surface area contributed by atoms with E-state index in [0.717, 1.165) is 59.7 Å². The van der Waals surface area contributed by atoms with Gasteiger partial charge in [-0.05, 0) is 82.4 Å². The number of benzene rings is 3. The summed E-state index contributed by atoms with van der Waals surface area (Å²) < 4.78 is 57.4. The molecule has 0 spiro atoms. The van der Waals surface area contributed by atoms with Crippen molar-refractivity contribution in [2.24, 2.45) is 0 Å². The van der Waals surface area contributed by atoms with Gasteiger partial charge in [-0.3, -0.25) is 29.8 Å². The van der Waals surface area contributed by atoms with Crippen LogP contribution in [0, 0.1) is 27.2 Å². The third kappa shape index (κ3) is 13.7. The average Bonchev–Trinajstić information content (AvgIpc) is 3.16. The molecule has 0 heterocycles. The Morgan fingerprint density at radius 2 is 1.18 bits per heavy atom. The van der Waals surface area contributed by atoms with Crippen molar-refractivity contribution in [3.05, 3.63) is 104 Å². The first-order valence-corrected chi connectivity index (χ1v) is 21.2. The van der Waals surface area contributed by atoms with Gasteiger partial charge < -0.3 is 16.0 Å². The monoisotopic (exact) mass is 817 g/mol. The van der Waals surface area contributed by atoms with Crippen molar-refractivity contribution >= 4 is 43.2 Å². The highest BCUT2D eigenvalue weighted by molar-refractivity contribution is 7.89. The maximum atomic E-state index is 13.9. The molecule has 0 radical (unpaired) electrons. The van der Waals surface area contributed by atoms with Gasteiger partial charge in [0, 0.05) is 69.8 Å². The normalized spacial score (nSPS) is 12.4. The molecule has 0 fully saturated rings. The number of hydrogen-bond donors (Lipinski definition) is 3. The molecule has 0 aliphatic rings. The molecule has 0 aliphatic heterocycles. The van der Waals surface area contributed by atoms with Crippen LogP contribution < -0.4 is 16.0 Å². The van der Waals surface area contributed by atoms with E-state index in [1.165, 1.54) is 8.61 Å². The summed E-state index contributed by atoms with van der Waals surface area (Å²) in [5, 5.41) is 30.9. The van der Waals surface area contributed by atoms with Crippen molar-refractivity contribution in [3.8, 4) is 0 Å². The van der Waals surface area contributed by atoms with Gasteiger partial charge in [0.1, 0.15) is 6.04 Å². The van der Waals surface area contributed by atoms with Crippen molar-refractivity contribution in [3.63, 3.8) is 0 Å². The van der Waals surface area contributed by atoms with Gasteiger partial charge in [0.15, 0.2) is 0 Å². The minimum atomic E-state index is -4.20. The van der Waals surface area contributed by atoms with Gasteiger partial charge >= 0.3 is 0 Å². The summed E-state index contributed by atoms with van der Waals surface area (Å²) in [7, 11) is -6.59.